The fourth-order valence-corrected chi connectivity index (χ4v) is 1.48. The average molecular weight is 427 g/mol. The molecule has 3 N–H and O–H groups in total. The minimum atomic E-state index is -0.705. The summed E-state index contributed by atoms with van der Waals surface area (Å²) in [6.45, 7) is 6.17. The average Bonchev–Trinajstić information content (AvgIpc) is 2.10. The molecule has 0 aromatic rings. The second-order valence-electron chi connectivity index (χ2n) is 4.10. The Morgan fingerprint density at radius 1 is 1.50 bits per heavy atom. The normalized spacial score (nSPS) is 14.9. The monoisotopic (exact) mass is 424 g/mol. The van der Waals surface area contributed by atoms with Gasteiger partial charge < -0.3 is 15.8 Å². The summed E-state index contributed by atoms with van der Waals surface area (Å²) in [6, 6.07) is -0.705. The predicted molar refractivity (Wildman–Crippen MR) is 78.7 cm³/mol. The summed E-state index contributed by atoms with van der Waals surface area (Å²) in [6.07, 6.45) is 0. The second-order valence-corrected chi connectivity index (χ2v) is 5.88. The molecule has 0 saturated carbocycles. The molecule has 0 aromatic heterocycles. The molecule has 0 aliphatic rings. The van der Waals surface area contributed by atoms with Crippen molar-refractivity contribution in [1.29, 1.82) is 0 Å². The van der Waals surface area contributed by atoms with Gasteiger partial charge >= 0.3 is 5.97 Å². The molecule has 0 aliphatic heterocycles. The summed E-state index contributed by atoms with van der Waals surface area (Å²) in [4.78, 5) is 11.3. The van der Waals surface area contributed by atoms with E-state index in [0.717, 1.165) is 11.9 Å². The van der Waals surface area contributed by atoms with Crippen molar-refractivity contribution in [2.24, 2.45) is 5.73 Å². The van der Waals surface area contributed by atoms with Gasteiger partial charge in [0.05, 0.1) is 4.95 Å². The topological polar surface area (TPSA) is 64.3 Å². The molecule has 0 amide bonds. The van der Waals surface area contributed by atoms with Gasteiger partial charge in [0, 0.05) is 11.9 Å². The number of alkyl halides is 2. The summed E-state index contributed by atoms with van der Waals surface area (Å²) >= 11 is 6.57. The van der Waals surface area contributed by atoms with Crippen molar-refractivity contribution in [2.45, 2.75) is 37.4 Å². The number of rotatable bonds is 5. The first-order chi connectivity index (χ1) is 6.78. The van der Waals surface area contributed by atoms with E-state index >= 15 is 0 Å². The van der Waals surface area contributed by atoms with Gasteiger partial charge in [-0.3, -0.25) is 4.79 Å². The minimum absolute atomic E-state index is 0. The summed E-state index contributed by atoms with van der Waals surface area (Å²) in [7, 11) is 0. The molecule has 0 aromatic carbocycles. The van der Waals surface area contributed by atoms with Crippen LogP contribution in [0.4, 0.5) is 0 Å². The number of esters is 1. The van der Waals surface area contributed by atoms with Gasteiger partial charge in [0.1, 0.15) is 11.6 Å². The van der Waals surface area contributed by atoms with Crippen molar-refractivity contribution >= 4 is 54.8 Å². The Morgan fingerprint density at radius 3 is 2.38 bits per heavy atom. The maximum absolute atomic E-state index is 11.5. The van der Waals surface area contributed by atoms with Gasteiger partial charge in [0.25, 0.3) is 0 Å². The highest BCUT2D eigenvalue weighted by atomic mass is 79.9. The van der Waals surface area contributed by atoms with Crippen molar-refractivity contribution in [3.05, 3.63) is 0 Å². The standard InChI is InChI=1S/C9H18Br2N2O2.BrH/c1-9(2,3)15-8(14)6(12)7(11)13-5-4-10;/h6-7,13H,4-5,12H2,1-3H3;1H. The van der Waals surface area contributed by atoms with Gasteiger partial charge in [-0.05, 0) is 20.8 Å². The molecule has 0 heterocycles. The highest BCUT2D eigenvalue weighted by Crippen LogP contribution is 2.10. The molecule has 0 aliphatic carbocycles. The van der Waals surface area contributed by atoms with E-state index in [4.69, 9.17) is 10.5 Å². The summed E-state index contributed by atoms with van der Waals surface area (Å²) < 4.78 is 5.15. The molecule has 7 heteroatoms. The molecule has 2 atom stereocenters. The summed E-state index contributed by atoms with van der Waals surface area (Å²) in [5.74, 6) is -0.411. The Labute approximate surface area is 124 Å². The van der Waals surface area contributed by atoms with Crippen molar-refractivity contribution in [3.8, 4) is 0 Å². The quantitative estimate of drug-likeness (QED) is 0.400. The van der Waals surface area contributed by atoms with E-state index in [1.807, 2.05) is 20.8 Å². The molecule has 0 fully saturated rings. The van der Waals surface area contributed by atoms with Crippen LogP contribution in [0.25, 0.3) is 0 Å². The fraction of sp³-hybridized carbons (Fsp3) is 0.889. The zero-order valence-electron chi connectivity index (χ0n) is 9.63. The highest BCUT2D eigenvalue weighted by molar-refractivity contribution is 9.09. The van der Waals surface area contributed by atoms with Gasteiger partial charge in [-0.25, -0.2) is 0 Å². The first kappa shape index (κ1) is 19.2. The first-order valence-corrected chi connectivity index (χ1v) is 6.73. The molecule has 0 radical (unpaired) electrons. The fourth-order valence-electron chi connectivity index (χ4n) is 0.809. The van der Waals surface area contributed by atoms with E-state index in [1.54, 1.807) is 0 Å². The molecule has 4 nitrogen and oxygen atoms in total. The molecule has 16 heavy (non-hydrogen) atoms. The van der Waals surface area contributed by atoms with Gasteiger partial charge in [-0.1, -0.05) is 31.9 Å². The van der Waals surface area contributed by atoms with Crippen LogP contribution in [0.2, 0.25) is 0 Å². The van der Waals surface area contributed by atoms with Crippen molar-refractivity contribution < 1.29 is 9.53 Å². The van der Waals surface area contributed by atoms with Crippen LogP contribution in [0.1, 0.15) is 20.8 Å². The molecule has 2 unspecified atom stereocenters. The SMILES string of the molecule is Br.CC(C)(C)OC(=O)C(N)C(Br)NCCBr. The lowest BCUT2D eigenvalue weighted by Crippen LogP contribution is -2.49. The summed E-state index contributed by atoms with van der Waals surface area (Å²) in [5.41, 5.74) is 5.21. The lowest BCUT2D eigenvalue weighted by molar-refractivity contribution is -0.156. The Morgan fingerprint density at radius 2 is 2.00 bits per heavy atom. The van der Waals surface area contributed by atoms with Crippen LogP contribution in [0.3, 0.4) is 0 Å². The van der Waals surface area contributed by atoms with E-state index < -0.39 is 17.6 Å². The van der Waals surface area contributed by atoms with Crippen LogP contribution in [-0.4, -0.2) is 34.4 Å². The van der Waals surface area contributed by atoms with Crippen LogP contribution >= 0.6 is 48.8 Å². The third kappa shape index (κ3) is 8.92. The van der Waals surface area contributed by atoms with E-state index in [0.29, 0.717) is 0 Å². The van der Waals surface area contributed by atoms with Gasteiger partial charge in [0.2, 0.25) is 0 Å². The smallest absolute Gasteiger partial charge is 0.325 e. The van der Waals surface area contributed by atoms with Gasteiger partial charge in [-0.2, -0.15) is 0 Å². The number of halogens is 3. The number of carbonyl (C=O) groups is 1. The second kappa shape index (κ2) is 8.85. The number of hydrogen-bond acceptors (Lipinski definition) is 4. The number of nitrogens with one attached hydrogen (secondary N) is 1. The van der Waals surface area contributed by atoms with Gasteiger partial charge in [-0.15, -0.1) is 17.0 Å². The van der Waals surface area contributed by atoms with Crippen molar-refractivity contribution in [1.82, 2.24) is 5.32 Å². The Bertz CT molecular complexity index is 209. The third-order valence-electron chi connectivity index (χ3n) is 1.43. The molecule has 0 bridgehead atoms. The van der Waals surface area contributed by atoms with Crippen molar-refractivity contribution in [3.63, 3.8) is 0 Å². The van der Waals surface area contributed by atoms with Crippen LogP contribution < -0.4 is 11.1 Å². The highest BCUT2D eigenvalue weighted by Gasteiger charge is 2.27. The lowest BCUT2D eigenvalue weighted by Gasteiger charge is -2.24. The Kier molecular flexibility index (Phi) is 10.6. The molecule has 0 saturated heterocycles. The van der Waals surface area contributed by atoms with Gasteiger partial charge in [0.15, 0.2) is 0 Å². The van der Waals surface area contributed by atoms with E-state index in [9.17, 15) is 4.79 Å². The van der Waals surface area contributed by atoms with E-state index in [2.05, 4.69) is 37.2 Å². The Hall–Kier alpha value is 0.830. The van der Waals surface area contributed by atoms with Crippen LogP contribution in [0, 0.1) is 0 Å². The van der Waals surface area contributed by atoms with Crippen LogP contribution in [-0.2, 0) is 9.53 Å². The van der Waals surface area contributed by atoms with Crippen LogP contribution in [0.15, 0.2) is 0 Å². The van der Waals surface area contributed by atoms with Crippen molar-refractivity contribution in [2.75, 3.05) is 11.9 Å². The Balaban J connectivity index is 0. The largest absolute Gasteiger partial charge is 0.459 e. The van der Waals surface area contributed by atoms with Crippen LogP contribution in [0.5, 0.6) is 0 Å². The first-order valence-electron chi connectivity index (χ1n) is 4.70. The van der Waals surface area contributed by atoms with E-state index in [-0.39, 0.29) is 21.9 Å². The maximum Gasteiger partial charge on any atom is 0.325 e. The molecular formula is C9H19Br3N2O2. The lowest BCUT2D eigenvalue weighted by atomic mass is 10.2. The minimum Gasteiger partial charge on any atom is -0.459 e. The number of nitrogens with two attached hydrogens (primary N) is 1. The molecule has 98 valence electrons. The predicted octanol–water partition coefficient (Wildman–Crippen LogP) is 1.94. The molecular weight excluding hydrogens is 408 g/mol. The maximum atomic E-state index is 11.5. The molecule has 0 rings (SSSR count). The number of carbonyl (C=O) groups excluding carboxylic acids is 1. The molecule has 0 spiro atoms. The zero-order valence-corrected chi connectivity index (χ0v) is 14.5. The number of ether oxygens (including phenoxy) is 1. The number of hydrogen-bond donors (Lipinski definition) is 2. The zero-order chi connectivity index (χ0) is 12.1. The summed E-state index contributed by atoms with van der Waals surface area (Å²) in [5, 5.41) is 3.84. The third-order valence-corrected chi connectivity index (χ3v) is 2.72. The van der Waals surface area contributed by atoms with E-state index in [1.165, 1.54) is 0 Å².